The summed E-state index contributed by atoms with van der Waals surface area (Å²) in [6, 6.07) is 5.25. The predicted octanol–water partition coefficient (Wildman–Crippen LogP) is 3.11. The van der Waals surface area contributed by atoms with Crippen molar-refractivity contribution in [2.45, 2.75) is 39.5 Å². The molecule has 32 heavy (non-hydrogen) atoms. The molecule has 2 heterocycles. The van der Waals surface area contributed by atoms with Gasteiger partial charge in [0.2, 0.25) is 5.91 Å². The number of likely N-dealkylation sites (N-methyl/N-ethyl adjacent to an activating group) is 1. The molecule has 0 spiro atoms. The minimum absolute atomic E-state index is 0.0917. The van der Waals surface area contributed by atoms with Crippen molar-refractivity contribution >= 4 is 28.8 Å². The molecule has 1 N–H and O–H groups in total. The molecule has 8 nitrogen and oxygen atoms in total. The van der Waals surface area contributed by atoms with Gasteiger partial charge in [-0.25, -0.2) is 4.98 Å². The minimum Gasteiger partial charge on any atom is -0.491 e. The molecule has 0 saturated carbocycles. The summed E-state index contributed by atoms with van der Waals surface area (Å²) in [5, 5.41) is 5.78. The quantitative estimate of drug-likeness (QED) is 0.755. The second kappa shape index (κ2) is 10.9. The molecule has 3 atom stereocenters. The van der Waals surface area contributed by atoms with Crippen molar-refractivity contribution in [1.29, 1.82) is 0 Å². The van der Waals surface area contributed by atoms with Gasteiger partial charge in [-0.05, 0) is 31.0 Å². The molecule has 0 radical (unpaired) electrons. The molecular weight excluding hydrogens is 428 g/mol. The second-order valence-electron chi connectivity index (χ2n) is 8.34. The van der Waals surface area contributed by atoms with Crippen molar-refractivity contribution in [3.63, 3.8) is 0 Å². The average Bonchev–Trinajstić information content (AvgIpc) is 3.27. The molecule has 2 aromatic rings. The van der Waals surface area contributed by atoms with Crippen LogP contribution in [-0.2, 0) is 16.1 Å². The molecule has 0 saturated heterocycles. The van der Waals surface area contributed by atoms with Crippen LogP contribution in [-0.4, -0.2) is 72.6 Å². The maximum atomic E-state index is 13.3. The van der Waals surface area contributed by atoms with E-state index in [1.54, 1.807) is 48.6 Å². The molecule has 0 aliphatic carbocycles. The number of ether oxygens (including phenoxy) is 2. The van der Waals surface area contributed by atoms with Gasteiger partial charge in [-0.3, -0.25) is 14.5 Å². The third-order valence-electron chi connectivity index (χ3n) is 5.72. The number of hydrogen-bond acceptors (Lipinski definition) is 7. The highest BCUT2D eigenvalue weighted by Crippen LogP contribution is 2.27. The van der Waals surface area contributed by atoms with Crippen LogP contribution in [0.4, 0.5) is 5.69 Å². The summed E-state index contributed by atoms with van der Waals surface area (Å²) in [6.07, 6.45) is 1.69. The fourth-order valence-corrected chi connectivity index (χ4v) is 4.50. The number of aromatic nitrogens is 1. The highest BCUT2D eigenvalue weighted by molar-refractivity contribution is 7.09. The van der Waals surface area contributed by atoms with E-state index >= 15 is 0 Å². The number of fused-ring (bicyclic) bond motifs is 1. The first-order chi connectivity index (χ1) is 15.3. The van der Waals surface area contributed by atoms with Gasteiger partial charge in [0.15, 0.2) is 0 Å². The number of hydrogen-bond donors (Lipinski definition) is 1. The molecule has 1 aromatic heterocycles. The van der Waals surface area contributed by atoms with Gasteiger partial charge in [-0.1, -0.05) is 6.92 Å². The fourth-order valence-electron chi connectivity index (χ4n) is 3.86. The van der Waals surface area contributed by atoms with Gasteiger partial charge in [0.25, 0.3) is 5.91 Å². The van der Waals surface area contributed by atoms with Gasteiger partial charge in [-0.2, -0.15) is 0 Å². The largest absolute Gasteiger partial charge is 0.491 e. The van der Waals surface area contributed by atoms with E-state index in [4.69, 9.17) is 9.47 Å². The molecule has 2 amide bonds. The van der Waals surface area contributed by atoms with Crippen LogP contribution in [0.15, 0.2) is 29.8 Å². The number of nitrogens with one attached hydrogen (secondary N) is 1. The lowest BCUT2D eigenvalue weighted by Crippen LogP contribution is -2.46. The summed E-state index contributed by atoms with van der Waals surface area (Å²) < 4.78 is 11.9. The van der Waals surface area contributed by atoms with Crippen LogP contribution in [0.5, 0.6) is 5.75 Å². The Morgan fingerprint density at radius 3 is 2.78 bits per heavy atom. The van der Waals surface area contributed by atoms with Crippen LogP contribution >= 0.6 is 11.3 Å². The Morgan fingerprint density at radius 1 is 1.34 bits per heavy atom. The first-order valence-electron chi connectivity index (χ1n) is 10.7. The Kier molecular flexibility index (Phi) is 8.22. The van der Waals surface area contributed by atoms with E-state index in [-0.39, 0.29) is 29.9 Å². The smallest absolute Gasteiger partial charge is 0.257 e. The summed E-state index contributed by atoms with van der Waals surface area (Å²) in [5.41, 5.74) is 0.976. The predicted molar refractivity (Wildman–Crippen MR) is 125 cm³/mol. The Hall–Kier alpha value is -2.49. The Labute approximate surface area is 193 Å². The molecule has 1 aliphatic heterocycles. The van der Waals surface area contributed by atoms with Gasteiger partial charge in [0, 0.05) is 57.5 Å². The third-order valence-corrected chi connectivity index (χ3v) is 6.48. The van der Waals surface area contributed by atoms with E-state index in [0.717, 1.165) is 18.1 Å². The second-order valence-corrected chi connectivity index (χ2v) is 9.32. The fraction of sp³-hybridized carbons (Fsp3) is 0.522. The number of anilines is 1. The van der Waals surface area contributed by atoms with Gasteiger partial charge in [-0.15, -0.1) is 11.3 Å². The lowest BCUT2D eigenvalue weighted by atomic mass is 10.0. The zero-order valence-corrected chi connectivity index (χ0v) is 20.1. The average molecular weight is 461 g/mol. The summed E-state index contributed by atoms with van der Waals surface area (Å²) in [5.74, 6) is 0.315. The number of rotatable bonds is 4. The molecule has 3 rings (SSSR count). The molecule has 0 unspecified atom stereocenters. The lowest BCUT2D eigenvalue weighted by molar-refractivity contribution is -0.114. The number of thiazole rings is 1. The topological polar surface area (TPSA) is 84.0 Å². The van der Waals surface area contributed by atoms with E-state index in [2.05, 4.69) is 29.0 Å². The van der Waals surface area contributed by atoms with Crippen LogP contribution in [0.2, 0.25) is 0 Å². The number of amides is 2. The van der Waals surface area contributed by atoms with Crippen molar-refractivity contribution < 1.29 is 19.1 Å². The Morgan fingerprint density at radius 2 is 2.12 bits per heavy atom. The highest BCUT2D eigenvalue weighted by atomic mass is 32.1. The maximum absolute atomic E-state index is 13.3. The van der Waals surface area contributed by atoms with Gasteiger partial charge >= 0.3 is 0 Å². The van der Waals surface area contributed by atoms with E-state index in [1.165, 1.54) is 6.92 Å². The van der Waals surface area contributed by atoms with Crippen molar-refractivity contribution in [3.8, 4) is 5.75 Å². The molecule has 0 bridgehead atoms. The number of carbonyl (C=O) groups excluding carboxylic acids is 2. The van der Waals surface area contributed by atoms with Gasteiger partial charge < -0.3 is 19.7 Å². The van der Waals surface area contributed by atoms with Crippen LogP contribution in [0, 0.1) is 5.92 Å². The van der Waals surface area contributed by atoms with Gasteiger partial charge in [0.1, 0.15) is 17.4 Å². The standard InChI is InChI=1S/C23H32N4O4S/c1-15-11-27(13-22-24-8-9-32-22)16(2)14-31-20-7-6-18(25-17(3)28)10-19(20)23(29)26(4)12-21(15)30-5/h6-10,15-16,21H,11-14H2,1-5H3,(H,25,28)/t15-,16-,21+/m0/s1. The number of nitrogens with zero attached hydrogens (tertiary/aromatic N) is 3. The zero-order valence-electron chi connectivity index (χ0n) is 19.3. The van der Waals surface area contributed by atoms with E-state index in [1.807, 2.05) is 11.6 Å². The van der Waals surface area contributed by atoms with E-state index in [0.29, 0.717) is 30.2 Å². The highest BCUT2D eigenvalue weighted by Gasteiger charge is 2.28. The Balaban J connectivity index is 1.94. The van der Waals surface area contributed by atoms with E-state index in [9.17, 15) is 9.59 Å². The molecule has 9 heteroatoms. The summed E-state index contributed by atoms with van der Waals surface area (Å²) >= 11 is 1.64. The van der Waals surface area contributed by atoms with Crippen molar-refractivity contribution in [2.75, 3.05) is 39.2 Å². The molecular formula is C23H32N4O4S. The molecule has 174 valence electrons. The zero-order chi connectivity index (χ0) is 23.3. The molecule has 1 aromatic carbocycles. The van der Waals surface area contributed by atoms with Crippen molar-refractivity contribution in [2.24, 2.45) is 5.92 Å². The minimum atomic E-state index is -0.195. The monoisotopic (exact) mass is 460 g/mol. The first-order valence-corrected chi connectivity index (χ1v) is 11.6. The first kappa shape index (κ1) is 24.2. The lowest BCUT2D eigenvalue weighted by Gasteiger charge is -2.35. The molecule has 1 aliphatic rings. The van der Waals surface area contributed by atoms with Crippen molar-refractivity contribution in [3.05, 3.63) is 40.3 Å². The Bertz CT molecular complexity index is 921. The molecule has 0 fully saturated rings. The number of benzene rings is 1. The van der Waals surface area contributed by atoms with Crippen LogP contribution in [0.3, 0.4) is 0 Å². The maximum Gasteiger partial charge on any atom is 0.257 e. The number of methoxy groups -OCH3 is 1. The van der Waals surface area contributed by atoms with Crippen LogP contribution in [0.1, 0.15) is 36.1 Å². The summed E-state index contributed by atoms with van der Waals surface area (Å²) in [4.78, 5) is 33.2. The van der Waals surface area contributed by atoms with Crippen LogP contribution < -0.4 is 10.1 Å². The third kappa shape index (κ3) is 6.05. The van der Waals surface area contributed by atoms with E-state index < -0.39 is 0 Å². The van der Waals surface area contributed by atoms with Gasteiger partial charge in [0.05, 0.1) is 18.2 Å². The van der Waals surface area contributed by atoms with Crippen molar-refractivity contribution in [1.82, 2.24) is 14.8 Å². The summed E-state index contributed by atoms with van der Waals surface area (Å²) in [6.45, 7) is 8.08. The van der Waals surface area contributed by atoms with Crippen LogP contribution in [0.25, 0.3) is 0 Å². The number of carbonyl (C=O) groups is 2. The normalized spacial score (nSPS) is 23.0. The SMILES string of the molecule is CO[C@@H]1CN(C)C(=O)c2cc(NC(C)=O)ccc2OC[C@H](C)N(Cc2nccs2)C[C@@H]1C. The summed E-state index contributed by atoms with van der Waals surface area (Å²) in [7, 11) is 3.45.